The number of anilines is 1. The van der Waals surface area contributed by atoms with Crippen LogP contribution in [-0.2, 0) is 4.79 Å². The fourth-order valence-corrected chi connectivity index (χ4v) is 3.19. The van der Waals surface area contributed by atoms with Gasteiger partial charge in [0.1, 0.15) is 11.5 Å². The first-order valence-electron chi connectivity index (χ1n) is 9.36. The molecule has 1 saturated carbocycles. The molecule has 0 bridgehead atoms. The molecule has 3 rings (SSSR count). The van der Waals surface area contributed by atoms with Crippen LogP contribution in [0.3, 0.4) is 0 Å². The minimum absolute atomic E-state index is 0.00614. The molecule has 28 heavy (non-hydrogen) atoms. The number of Topliss-reactive ketones (excluding diaryl/α,β-unsaturated/α-hetero) is 1. The van der Waals surface area contributed by atoms with Crippen molar-refractivity contribution in [2.24, 2.45) is 0 Å². The molecule has 2 aromatic carbocycles. The molecule has 4 nitrogen and oxygen atoms in total. The normalized spacial score (nSPS) is 17.9. The zero-order valence-electron chi connectivity index (χ0n) is 16.2. The second kappa shape index (κ2) is 8.61. The first kappa shape index (κ1) is 19.5. The third-order valence-corrected chi connectivity index (χ3v) is 4.82. The maximum absolute atomic E-state index is 12.8. The van der Waals surface area contributed by atoms with Crippen LogP contribution in [0.2, 0.25) is 0 Å². The van der Waals surface area contributed by atoms with E-state index in [1.165, 1.54) is 0 Å². The number of rotatable bonds is 4. The van der Waals surface area contributed by atoms with Crippen molar-refractivity contribution >= 4 is 23.6 Å². The molecule has 0 saturated heterocycles. The first-order valence-corrected chi connectivity index (χ1v) is 9.36. The van der Waals surface area contributed by atoms with E-state index in [2.05, 4.69) is 0 Å². The predicted octanol–water partition coefficient (Wildman–Crippen LogP) is 5.12. The molecule has 0 aliphatic heterocycles. The molecule has 0 heterocycles. The number of phenolic OH excluding ortho intramolecular Hbond substituents is 1. The summed E-state index contributed by atoms with van der Waals surface area (Å²) in [5.74, 6) is 0.109. The minimum Gasteiger partial charge on any atom is -0.508 e. The summed E-state index contributed by atoms with van der Waals surface area (Å²) < 4.78 is 0. The van der Waals surface area contributed by atoms with Gasteiger partial charge in [-0.25, -0.2) is 0 Å². The number of aromatic hydroxyl groups is 1. The third kappa shape index (κ3) is 4.71. The van der Waals surface area contributed by atoms with E-state index in [1.807, 2.05) is 49.3 Å². The van der Waals surface area contributed by atoms with Gasteiger partial charge in [0.05, 0.1) is 0 Å². The SMILES string of the molecule is CN(C)c1ccc(/C=C2\CCC/C(=C(O)\C=C\c3ccc(O)cc3)C2=O)cc1. The highest BCUT2D eigenvalue weighted by Gasteiger charge is 2.23. The van der Waals surface area contributed by atoms with Crippen molar-refractivity contribution in [3.05, 3.63) is 82.6 Å². The standard InChI is InChI=1S/C24H25NO3/c1-25(2)20-11-6-18(7-12-20)16-19-4-3-5-22(24(19)28)23(27)15-10-17-8-13-21(26)14-9-17/h6-16,26-27H,3-5H2,1-2H3/b15-10+,19-16+,23-22-. The van der Waals surface area contributed by atoms with Crippen LogP contribution in [0.5, 0.6) is 5.75 Å². The Balaban J connectivity index is 1.80. The van der Waals surface area contributed by atoms with Crippen molar-refractivity contribution in [2.45, 2.75) is 19.3 Å². The van der Waals surface area contributed by atoms with Crippen molar-refractivity contribution < 1.29 is 15.0 Å². The fourth-order valence-electron chi connectivity index (χ4n) is 3.19. The van der Waals surface area contributed by atoms with E-state index in [9.17, 15) is 15.0 Å². The van der Waals surface area contributed by atoms with Gasteiger partial charge in [0.2, 0.25) is 0 Å². The van der Waals surface area contributed by atoms with Gasteiger partial charge in [-0.05, 0) is 66.8 Å². The van der Waals surface area contributed by atoms with Gasteiger partial charge in [0.15, 0.2) is 5.78 Å². The summed E-state index contributed by atoms with van der Waals surface area (Å²) in [5, 5.41) is 19.8. The quantitative estimate of drug-likeness (QED) is 0.575. The molecule has 1 aliphatic rings. The summed E-state index contributed by atoms with van der Waals surface area (Å²) in [6.07, 6.45) is 7.31. The second-order valence-electron chi connectivity index (χ2n) is 7.13. The molecule has 0 aromatic heterocycles. The van der Waals surface area contributed by atoms with E-state index in [1.54, 1.807) is 36.4 Å². The molecule has 4 heteroatoms. The number of nitrogens with zero attached hydrogens (tertiary/aromatic N) is 1. The Morgan fingerprint density at radius 1 is 0.964 bits per heavy atom. The van der Waals surface area contributed by atoms with Crippen molar-refractivity contribution in [3.63, 3.8) is 0 Å². The lowest BCUT2D eigenvalue weighted by Gasteiger charge is -2.17. The van der Waals surface area contributed by atoms with Crippen LogP contribution in [0, 0.1) is 0 Å². The maximum atomic E-state index is 12.8. The van der Waals surface area contributed by atoms with Crippen molar-refractivity contribution in [2.75, 3.05) is 19.0 Å². The Morgan fingerprint density at radius 3 is 2.25 bits per heavy atom. The van der Waals surface area contributed by atoms with Gasteiger partial charge < -0.3 is 15.1 Å². The predicted molar refractivity (Wildman–Crippen MR) is 114 cm³/mol. The van der Waals surface area contributed by atoms with Crippen LogP contribution in [0.4, 0.5) is 5.69 Å². The number of carbonyl (C=O) groups excluding carboxylic acids is 1. The Labute approximate surface area is 165 Å². The first-order chi connectivity index (χ1) is 13.4. The highest BCUT2D eigenvalue weighted by atomic mass is 16.3. The van der Waals surface area contributed by atoms with Crippen LogP contribution in [0.1, 0.15) is 30.4 Å². The molecule has 0 spiro atoms. The number of carbonyl (C=O) groups is 1. The van der Waals surface area contributed by atoms with E-state index in [0.717, 1.165) is 28.8 Å². The Bertz CT molecular complexity index is 933. The van der Waals surface area contributed by atoms with Gasteiger partial charge >= 0.3 is 0 Å². The molecule has 1 aliphatic carbocycles. The summed E-state index contributed by atoms with van der Waals surface area (Å²) in [6, 6.07) is 14.7. The van der Waals surface area contributed by atoms with E-state index >= 15 is 0 Å². The zero-order chi connectivity index (χ0) is 20.1. The monoisotopic (exact) mass is 375 g/mol. The summed E-state index contributed by atoms with van der Waals surface area (Å²) in [4.78, 5) is 14.9. The fraction of sp³-hybridized carbons (Fsp3) is 0.208. The van der Waals surface area contributed by atoms with Gasteiger partial charge in [-0.1, -0.05) is 30.3 Å². The molecule has 0 atom stereocenters. The average Bonchev–Trinajstić information content (AvgIpc) is 2.69. The molecule has 0 amide bonds. The number of allylic oxidation sites excluding steroid dienone is 3. The van der Waals surface area contributed by atoms with Gasteiger partial charge in [-0.3, -0.25) is 4.79 Å². The van der Waals surface area contributed by atoms with Crippen LogP contribution in [0.15, 0.2) is 71.5 Å². The molecule has 0 radical (unpaired) electrons. The molecule has 1 fully saturated rings. The zero-order valence-corrected chi connectivity index (χ0v) is 16.2. The van der Waals surface area contributed by atoms with E-state index < -0.39 is 0 Å². The lowest BCUT2D eigenvalue weighted by atomic mass is 9.87. The Kier molecular flexibility index (Phi) is 5.99. The molecule has 0 unspecified atom stereocenters. The van der Waals surface area contributed by atoms with E-state index in [-0.39, 0.29) is 17.3 Å². The molecular weight excluding hydrogens is 350 g/mol. The molecule has 144 valence electrons. The largest absolute Gasteiger partial charge is 0.508 e. The van der Waals surface area contributed by atoms with Crippen LogP contribution in [0.25, 0.3) is 12.2 Å². The maximum Gasteiger partial charge on any atom is 0.188 e. The van der Waals surface area contributed by atoms with Gasteiger partial charge in [0, 0.05) is 30.9 Å². The van der Waals surface area contributed by atoms with Crippen LogP contribution >= 0.6 is 0 Å². The number of aliphatic hydroxyl groups excluding tert-OH is 1. The van der Waals surface area contributed by atoms with E-state index in [0.29, 0.717) is 18.4 Å². The van der Waals surface area contributed by atoms with Crippen molar-refractivity contribution in [1.29, 1.82) is 0 Å². The van der Waals surface area contributed by atoms with Gasteiger partial charge in [-0.15, -0.1) is 0 Å². The van der Waals surface area contributed by atoms with Crippen molar-refractivity contribution in [1.82, 2.24) is 0 Å². The lowest BCUT2D eigenvalue weighted by molar-refractivity contribution is -0.113. The minimum atomic E-state index is -0.0872. The molecule has 2 aromatic rings. The van der Waals surface area contributed by atoms with Gasteiger partial charge in [0.25, 0.3) is 0 Å². The topological polar surface area (TPSA) is 60.8 Å². The highest BCUT2D eigenvalue weighted by molar-refractivity contribution is 6.12. The Hall–Kier alpha value is -3.27. The number of hydrogen-bond donors (Lipinski definition) is 2. The number of phenols is 1. The molecule has 2 N–H and O–H groups in total. The number of hydrogen-bond acceptors (Lipinski definition) is 4. The second-order valence-corrected chi connectivity index (χ2v) is 7.13. The smallest absolute Gasteiger partial charge is 0.188 e. The number of ketones is 1. The van der Waals surface area contributed by atoms with Crippen LogP contribution < -0.4 is 4.90 Å². The summed E-state index contributed by atoms with van der Waals surface area (Å²) in [6.45, 7) is 0. The lowest BCUT2D eigenvalue weighted by Crippen LogP contribution is -2.14. The van der Waals surface area contributed by atoms with Gasteiger partial charge in [-0.2, -0.15) is 0 Å². The summed E-state index contributed by atoms with van der Waals surface area (Å²) in [5.41, 5.74) is 4.11. The Morgan fingerprint density at radius 2 is 1.61 bits per heavy atom. The average molecular weight is 375 g/mol. The summed E-state index contributed by atoms with van der Waals surface area (Å²) >= 11 is 0. The van der Waals surface area contributed by atoms with E-state index in [4.69, 9.17) is 0 Å². The highest BCUT2D eigenvalue weighted by Crippen LogP contribution is 2.29. The molecular formula is C24H25NO3. The van der Waals surface area contributed by atoms with Crippen molar-refractivity contribution in [3.8, 4) is 5.75 Å². The van der Waals surface area contributed by atoms with Crippen LogP contribution in [-0.4, -0.2) is 30.1 Å². The number of benzene rings is 2. The third-order valence-electron chi connectivity index (χ3n) is 4.82. The number of aliphatic hydroxyl groups is 1. The summed E-state index contributed by atoms with van der Waals surface area (Å²) in [7, 11) is 3.98.